The first kappa shape index (κ1) is 13.8. The Morgan fingerprint density at radius 1 is 1.00 bits per heavy atom. The van der Waals surface area contributed by atoms with E-state index in [2.05, 4.69) is 61.6 Å². The van der Waals surface area contributed by atoms with Crippen LogP contribution in [0.4, 0.5) is 5.69 Å². The van der Waals surface area contributed by atoms with Gasteiger partial charge in [-0.2, -0.15) is 0 Å². The van der Waals surface area contributed by atoms with Gasteiger partial charge in [-0.25, -0.2) is 0 Å². The molecule has 1 fully saturated rings. The van der Waals surface area contributed by atoms with Gasteiger partial charge < -0.3 is 10.1 Å². The van der Waals surface area contributed by atoms with Gasteiger partial charge in [0, 0.05) is 23.8 Å². The number of rotatable bonds is 1. The highest BCUT2D eigenvalue weighted by Gasteiger charge is 2.40. The second-order valence-electron chi connectivity index (χ2n) is 6.62. The second-order valence-corrected chi connectivity index (χ2v) is 6.62. The van der Waals surface area contributed by atoms with E-state index in [9.17, 15) is 0 Å². The standard InChI is InChI=1S/C20H23NO/c1-13-10-11-14(2)18-17(13)20-16(9-6-12-22-20)19(21-18)15-7-4-3-5-8-15/h3-5,7-8,10-11,16,19-21H,6,9,12H2,1-2H3/t16-,19-,20-/m0/s1. The van der Waals surface area contributed by atoms with E-state index in [1.165, 1.54) is 34.4 Å². The monoisotopic (exact) mass is 293 g/mol. The zero-order valence-electron chi connectivity index (χ0n) is 13.3. The zero-order chi connectivity index (χ0) is 15.1. The lowest BCUT2D eigenvalue weighted by Crippen LogP contribution is -2.36. The minimum absolute atomic E-state index is 0.232. The van der Waals surface area contributed by atoms with Crippen LogP contribution >= 0.6 is 0 Å². The second kappa shape index (κ2) is 5.44. The maximum atomic E-state index is 6.26. The number of anilines is 1. The highest BCUT2D eigenvalue weighted by molar-refractivity contribution is 5.64. The molecule has 2 heterocycles. The molecule has 3 atom stereocenters. The van der Waals surface area contributed by atoms with Crippen LogP contribution in [0.15, 0.2) is 42.5 Å². The number of hydrogen-bond acceptors (Lipinski definition) is 2. The van der Waals surface area contributed by atoms with Crippen molar-refractivity contribution in [3.63, 3.8) is 0 Å². The van der Waals surface area contributed by atoms with Crippen LogP contribution in [0, 0.1) is 19.8 Å². The molecule has 1 N–H and O–H groups in total. The van der Waals surface area contributed by atoms with Crippen molar-refractivity contribution in [3.05, 3.63) is 64.7 Å². The summed E-state index contributed by atoms with van der Waals surface area (Å²) in [5, 5.41) is 3.84. The maximum absolute atomic E-state index is 6.26. The van der Waals surface area contributed by atoms with E-state index >= 15 is 0 Å². The van der Waals surface area contributed by atoms with Crippen LogP contribution in [-0.4, -0.2) is 6.61 Å². The summed E-state index contributed by atoms with van der Waals surface area (Å²) < 4.78 is 6.26. The molecular formula is C20H23NO. The highest BCUT2D eigenvalue weighted by Crippen LogP contribution is 2.50. The average Bonchev–Trinajstić information content (AvgIpc) is 2.58. The molecule has 22 heavy (non-hydrogen) atoms. The minimum atomic E-state index is 0.232. The van der Waals surface area contributed by atoms with Crippen molar-refractivity contribution >= 4 is 5.69 Å². The van der Waals surface area contributed by atoms with Gasteiger partial charge in [-0.3, -0.25) is 0 Å². The molecule has 0 saturated carbocycles. The molecule has 2 aromatic carbocycles. The Morgan fingerprint density at radius 3 is 2.59 bits per heavy atom. The molecule has 4 rings (SSSR count). The van der Waals surface area contributed by atoms with Gasteiger partial charge in [0.05, 0.1) is 12.1 Å². The van der Waals surface area contributed by atoms with Crippen LogP contribution in [-0.2, 0) is 4.74 Å². The first-order chi connectivity index (χ1) is 10.8. The van der Waals surface area contributed by atoms with Crippen LogP contribution < -0.4 is 5.32 Å². The molecule has 2 aliphatic rings. The first-order valence-electron chi connectivity index (χ1n) is 8.29. The number of ether oxygens (including phenoxy) is 1. The van der Waals surface area contributed by atoms with Gasteiger partial charge in [-0.05, 0) is 43.4 Å². The third kappa shape index (κ3) is 2.14. The van der Waals surface area contributed by atoms with Crippen molar-refractivity contribution in [2.24, 2.45) is 5.92 Å². The summed E-state index contributed by atoms with van der Waals surface area (Å²) in [6.07, 6.45) is 2.62. The van der Waals surface area contributed by atoms with Crippen LogP contribution in [0.1, 0.15) is 47.2 Å². The quantitative estimate of drug-likeness (QED) is 0.804. The summed E-state index contributed by atoms with van der Waals surface area (Å²) in [6.45, 7) is 5.28. The van der Waals surface area contributed by atoms with Crippen molar-refractivity contribution in [2.75, 3.05) is 11.9 Å². The summed E-state index contributed by atoms with van der Waals surface area (Å²) >= 11 is 0. The van der Waals surface area contributed by atoms with E-state index in [0.717, 1.165) is 13.0 Å². The largest absolute Gasteiger partial charge is 0.377 e. The Balaban J connectivity index is 1.85. The predicted molar refractivity (Wildman–Crippen MR) is 90.1 cm³/mol. The number of benzene rings is 2. The third-order valence-electron chi connectivity index (χ3n) is 5.21. The summed E-state index contributed by atoms with van der Waals surface area (Å²) in [4.78, 5) is 0. The molecule has 0 amide bonds. The molecule has 0 bridgehead atoms. The summed E-state index contributed by atoms with van der Waals surface area (Å²) in [6, 6.07) is 15.6. The smallest absolute Gasteiger partial charge is 0.0898 e. The van der Waals surface area contributed by atoms with Crippen molar-refractivity contribution in [2.45, 2.75) is 38.8 Å². The molecule has 2 aromatic rings. The van der Waals surface area contributed by atoms with Crippen molar-refractivity contribution in [1.82, 2.24) is 0 Å². The molecule has 0 unspecified atom stereocenters. The molecule has 2 nitrogen and oxygen atoms in total. The molecule has 0 aliphatic carbocycles. The van der Waals surface area contributed by atoms with Crippen LogP contribution in [0.25, 0.3) is 0 Å². The van der Waals surface area contributed by atoms with E-state index in [-0.39, 0.29) is 6.10 Å². The number of nitrogens with one attached hydrogen (secondary N) is 1. The molecule has 0 aromatic heterocycles. The minimum Gasteiger partial charge on any atom is -0.377 e. The number of hydrogen-bond donors (Lipinski definition) is 1. The average molecular weight is 293 g/mol. The Bertz CT molecular complexity index is 680. The van der Waals surface area contributed by atoms with E-state index in [1.54, 1.807) is 0 Å². The molecule has 0 radical (unpaired) electrons. The molecule has 2 aliphatic heterocycles. The normalized spacial score (nSPS) is 26.7. The summed E-state index contributed by atoms with van der Waals surface area (Å²) in [5.41, 5.74) is 6.70. The first-order valence-corrected chi connectivity index (χ1v) is 8.29. The molecular weight excluding hydrogens is 270 g/mol. The van der Waals surface area contributed by atoms with E-state index in [0.29, 0.717) is 12.0 Å². The fraction of sp³-hybridized carbons (Fsp3) is 0.400. The summed E-state index contributed by atoms with van der Waals surface area (Å²) in [5.74, 6) is 0.518. The zero-order valence-corrected chi connectivity index (χ0v) is 13.3. The predicted octanol–water partition coefficient (Wildman–Crippen LogP) is 4.94. The lowest BCUT2D eigenvalue weighted by molar-refractivity contribution is -0.0385. The SMILES string of the molecule is Cc1ccc(C)c2c1N[C@@H](c1ccccc1)[C@@H]1CCCO[C@H]21. The maximum Gasteiger partial charge on any atom is 0.0898 e. The van der Waals surface area contributed by atoms with Gasteiger partial charge in [-0.15, -0.1) is 0 Å². The van der Waals surface area contributed by atoms with Gasteiger partial charge in [0.2, 0.25) is 0 Å². The Kier molecular flexibility index (Phi) is 3.42. The van der Waals surface area contributed by atoms with Crippen LogP contribution in [0.2, 0.25) is 0 Å². The van der Waals surface area contributed by atoms with Gasteiger partial charge in [0.15, 0.2) is 0 Å². The van der Waals surface area contributed by atoms with E-state index in [1.807, 2.05) is 0 Å². The highest BCUT2D eigenvalue weighted by atomic mass is 16.5. The Hall–Kier alpha value is -1.80. The lowest BCUT2D eigenvalue weighted by Gasteiger charge is -2.44. The van der Waals surface area contributed by atoms with Crippen molar-refractivity contribution in [1.29, 1.82) is 0 Å². The fourth-order valence-electron chi connectivity index (χ4n) is 4.09. The lowest BCUT2D eigenvalue weighted by atomic mass is 9.76. The van der Waals surface area contributed by atoms with Crippen molar-refractivity contribution < 1.29 is 4.74 Å². The fourth-order valence-corrected chi connectivity index (χ4v) is 4.09. The van der Waals surface area contributed by atoms with Gasteiger partial charge in [0.1, 0.15) is 0 Å². The number of aryl methyl sites for hydroxylation is 2. The summed E-state index contributed by atoms with van der Waals surface area (Å²) in [7, 11) is 0. The molecule has 0 spiro atoms. The molecule has 2 heteroatoms. The topological polar surface area (TPSA) is 21.3 Å². The van der Waals surface area contributed by atoms with Crippen LogP contribution in [0.5, 0.6) is 0 Å². The van der Waals surface area contributed by atoms with E-state index in [4.69, 9.17) is 4.74 Å². The Morgan fingerprint density at radius 2 is 1.77 bits per heavy atom. The molecule has 114 valence electrons. The number of fused-ring (bicyclic) bond motifs is 3. The van der Waals surface area contributed by atoms with E-state index < -0.39 is 0 Å². The van der Waals surface area contributed by atoms with Gasteiger partial charge in [-0.1, -0.05) is 42.5 Å². The third-order valence-corrected chi connectivity index (χ3v) is 5.21. The molecule has 1 saturated heterocycles. The van der Waals surface area contributed by atoms with Gasteiger partial charge >= 0.3 is 0 Å². The van der Waals surface area contributed by atoms with Gasteiger partial charge in [0.25, 0.3) is 0 Å². The Labute approximate surface area is 132 Å². The van der Waals surface area contributed by atoms with Crippen LogP contribution in [0.3, 0.4) is 0 Å². The van der Waals surface area contributed by atoms with Crippen molar-refractivity contribution in [3.8, 4) is 0 Å².